The lowest BCUT2D eigenvalue weighted by molar-refractivity contribution is -0.128. The van der Waals surface area contributed by atoms with Crippen LogP contribution in [0.1, 0.15) is 50.7 Å². The van der Waals surface area contributed by atoms with E-state index in [1.165, 1.54) is 6.07 Å². The molecule has 0 bridgehead atoms. The summed E-state index contributed by atoms with van der Waals surface area (Å²) in [6.45, 7) is 5.94. The van der Waals surface area contributed by atoms with Gasteiger partial charge in [-0.25, -0.2) is 0 Å². The second-order valence-corrected chi connectivity index (χ2v) is 7.88. The van der Waals surface area contributed by atoms with Crippen molar-refractivity contribution >= 4 is 16.0 Å². The molecule has 1 saturated heterocycles. The van der Waals surface area contributed by atoms with Crippen LogP contribution in [0.2, 0.25) is 0 Å². The van der Waals surface area contributed by atoms with Crippen molar-refractivity contribution in [1.29, 1.82) is 0 Å². The van der Waals surface area contributed by atoms with Crippen molar-refractivity contribution in [2.45, 2.75) is 63.8 Å². The molecule has 1 fully saturated rings. The van der Waals surface area contributed by atoms with Crippen LogP contribution in [-0.4, -0.2) is 24.9 Å². The summed E-state index contributed by atoms with van der Waals surface area (Å²) in [6, 6.07) is 4.95. The summed E-state index contributed by atoms with van der Waals surface area (Å²) in [7, 11) is -4.23. The molecule has 23 heavy (non-hydrogen) atoms. The summed E-state index contributed by atoms with van der Waals surface area (Å²) in [5.41, 5.74) is 1.26. The summed E-state index contributed by atoms with van der Waals surface area (Å²) < 4.78 is 32.3. The molecule has 2 N–H and O–H groups in total. The summed E-state index contributed by atoms with van der Waals surface area (Å²) in [4.78, 5) is 12.2. The molecule has 6 heteroatoms. The second-order valence-electron chi connectivity index (χ2n) is 6.49. The van der Waals surface area contributed by atoms with Gasteiger partial charge in [0.2, 0.25) is 5.91 Å². The zero-order valence-electron chi connectivity index (χ0n) is 13.9. The van der Waals surface area contributed by atoms with E-state index in [9.17, 15) is 17.8 Å². The van der Waals surface area contributed by atoms with E-state index in [0.717, 1.165) is 24.8 Å². The molecule has 0 radical (unpaired) electrons. The molecule has 1 aromatic carbocycles. The Balaban J connectivity index is 2.14. The van der Waals surface area contributed by atoms with E-state index in [1.54, 1.807) is 12.1 Å². The maximum absolute atomic E-state index is 12.2. The smallest absolute Gasteiger partial charge is 0.294 e. The minimum absolute atomic E-state index is 0.0373. The highest BCUT2D eigenvalue weighted by molar-refractivity contribution is 7.85. The summed E-state index contributed by atoms with van der Waals surface area (Å²) >= 11 is 0. The summed E-state index contributed by atoms with van der Waals surface area (Å²) in [5.74, 6) is 0.103. The van der Waals surface area contributed by atoms with Crippen LogP contribution < -0.4 is 5.32 Å². The third kappa shape index (κ3) is 3.75. The Morgan fingerprint density at radius 2 is 1.96 bits per heavy atom. The first-order chi connectivity index (χ1) is 10.7. The number of hydrogen-bond acceptors (Lipinski definition) is 3. The predicted molar refractivity (Wildman–Crippen MR) is 88.9 cm³/mol. The van der Waals surface area contributed by atoms with Gasteiger partial charge in [-0.05, 0) is 50.7 Å². The molecule has 0 saturated carbocycles. The molecule has 1 aliphatic rings. The van der Waals surface area contributed by atoms with Crippen LogP contribution in [0.4, 0.5) is 0 Å². The Kier molecular flexibility index (Phi) is 5.16. The maximum Gasteiger partial charge on any atom is 0.294 e. The number of aryl methyl sites for hydroxylation is 2. The normalized spacial score (nSPS) is 20.5. The largest absolute Gasteiger partial charge is 0.353 e. The lowest BCUT2D eigenvalue weighted by atomic mass is 9.79. The highest BCUT2D eigenvalue weighted by Crippen LogP contribution is 2.38. The van der Waals surface area contributed by atoms with Crippen LogP contribution in [0.3, 0.4) is 0 Å². The number of rotatable bonds is 6. The second kappa shape index (κ2) is 6.61. The zero-order chi connectivity index (χ0) is 17.3. The van der Waals surface area contributed by atoms with E-state index in [2.05, 4.69) is 5.32 Å². The van der Waals surface area contributed by atoms with Gasteiger partial charge in [-0.2, -0.15) is 8.42 Å². The quantitative estimate of drug-likeness (QED) is 0.781. The molecule has 2 rings (SSSR count). The Morgan fingerprint density at radius 3 is 2.48 bits per heavy atom. The van der Waals surface area contributed by atoms with E-state index in [1.807, 2.05) is 20.8 Å². The highest BCUT2D eigenvalue weighted by Gasteiger charge is 2.43. The molecular formula is C17H25NO4S. The standard InChI is InChI=1S/C17H25NO4S/c1-4-17(5-2)11-14(18-16(17)19)8-7-13-10-12(3)6-9-15(13)23(20,21)22/h6,9-10,14H,4-5,7-8,11H2,1-3H3,(H,18,19)(H,20,21,22)/t14-/m1/s1. The minimum Gasteiger partial charge on any atom is -0.353 e. The molecule has 1 aromatic rings. The Hall–Kier alpha value is -1.40. The van der Waals surface area contributed by atoms with Gasteiger partial charge in [0.1, 0.15) is 0 Å². The molecule has 5 nitrogen and oxygen atoms in total. The Morgan fingerprint density at radius 1 is 1.30 bits per heavy atom. The van der Waals surface area contributed by atoms with E-state index >= 15 is 0 Å². The fraction of sp³-hybridized carbons (Fsp3) is 0.588. The third-order valence-corrected chi connectivity index (χ3v) is 6.02. The number of benzene rings is 1. The lowest BCUT2D eigenvalue weighted by Crippen LogP contribution is -2.31. The fourth-order valence-electron chi connectivity index (χ4n) is 3.47. The summed E-state index contributed by atoms with van der Waals surface area (Å²) in [5, 5.41) is 3.04. The van der Waals surface area contributed by atoms with Gasteiger partial charge in [-0.1, -0.05) is 31.5 Å². The van der Waals surface area contributed by atoms with Crippen molar-refractivity contribution in [2.24, 2.45) is 5.41 Å². The molecule has 0 unspecified atom stereocenters. The van der Waals surface area contributed by atoms with Crippen LogP contribution in [0.15, 0.2) is 23.1 Å². The monoisotopic (exact) mass is 339 g/mol. The first-order valence-electron chi connectivity index (χ1n) is 8.10. The van der Waals surface area contributed by atoms with Gasteiger partial charge in [0.15, 0.2) is 0 Å². The zero-order valence-corrected chi connectivity index (χ0v) is 14.7. The Labute approximate surface area is 138 Å². The van der Waals surface area contributed by atoms with Crippen LogP contribution in [0.25, 0.3) is 0 Å². The van der Waals surface area contributed by atoms with Crippen molar-refractivity contribution in [1.82, 2.24) is 5.32 Å². The van der Waals surface area contributed by atoms with E-state index in [0.29, 0.717) is 18.4 Å². The predicted octanol–water partition coefficient (Wildman–Crippen LogP) is 2.87. The first-order valence-corrected chi connectivity index (χ1v) is 9.54. The summed E-state index contributed by atoms with van der Waals surface area (Å²) in [6.07, 6.45) is 3.58. The number of carbonyl (C=O) groups excluding carboxylic acids is 1. The van der Waals surface area contributed by atoms with Crippen molar-refractivity contribution < 1.29 is 17.8 Å². The van der Waals surface area contributed by atoms with Crippen LogP contribution >= 0.6 is 0 Å². The van der Waals surface area contributed by atoms with Gasteiger partial charge in [-0.15, -0.1) is 0 Å². The van der Waals surface area contributed by atoms with Crippen LogP contribution in [-0.2, 0) is 21.3 Å². The minimum atomic E-state index is -4.23. The fourth-order valence-corrected chi connectivity index (χ4v) is 4.21. The molecule has 128 valence electrons. The van der Waals surface area contributed by atoms with Gasteiger partial charge in [0.25, 0.3) is 10.1 Å². The Bertz CT molecular complexity index is 693. The van der Waals surface area contributed by atoms with Crippen molar-refractivity contribution in [2.75, 3.05) is 0 Å². The van der Waals surface area contributed by atoms with Gasteiger partial charge >= 0.3 is 0 Å². The van der Waals surface area contributed by atoms with Crippen molar-refractivity contribution in [3.63, 3.8) is 0 Å². The number of amides is 1. The van der Waals surface area contributed by atoms with E-state index < -0.39 is 10.1 Å². The van der Waals surface area contributed by atoms with E-state index in [4.69, 9.17) is 0 Å². The maximum atomic E-state index is 12.2. The molecule has 1 amide bonds. The van der Waals surface area contributed by atoms with Gasteiger partial charge in [0.05, 0.1) is 10.3 Å². The number of carbonyl (C=O) groups is 1. The molecular weight excluding hydrogens is 314 g/mol. The topological polar surface area (TPSA) is 83.5 Å². The van der Waals surface area contributed by atoms with Gasteiger partial charge in [-0.3, -0.25) is 9.35 Å². The molecule has 1 heterocycles. The third-order valence-electron chi connectivity index (χ3n) is 5.06. The van der Waals surface area contributed by atoms with Crippen LogP contribution in [0, 0.1) is 12.3 Å². The average Bonchev–Trinajstić information content (AvgIpc) is 2.80. The van der Waals surface area contributed by atoms with Crippen LogP contribution in [0.5, 0.6) is 0 Å². The van der Waals surface area contributed by atoms with E-state index in [-0.39, 0.29) is 22.3 Å². The molecule has 0 spiro atoms. The lowest BCUT2D eigenvalue weighted by Gasteiger charge is -2.22. The molecule has 0 aromatic heterocycles. The first kappa shape index (κ1) is 17.9. The average molecular weight is 339 g/mol. The SMILES string of the molecule is CCC1(CC)C[C@@H](CCc2cc(C)ccc2S(=O)(=O)O)NC1=O. The van der Waals surface area contributed by atoms with Crippen molar-refractivity contribution in [3.05, 3.63) is 29.3 Å². The van der Waals surface area contributed by atoms with Gasteiger partial charge < -0.3 is 5.32 Å². The molecule has 1 aliphatic heterocycles. The molecule has 1 atom stereocenters. The number of hydrogen-bond donors (Lipinski definition) is 2. The number of nitrogens with one attached hydrogen (secondary N) is 1. The van der Waals surface area contributed by atoms with Gasteiger partial charge in [0, 0.05) is 6.04 Å². The highest BCUT2D eigenvalue weighted by atomic mass is 32.2. The van der Waals surface area contributed by atoms with Crippen molar-refractivity contribution in [3.8, 4) is 0 Å². The molecule has 0 aliphatic carbocycles.